The van der Waals surface area contributed by atoms with Gasteiger partial charge in [-0.05, 0) is 17.7 Å². The van der Waals surface area contributed by atoms with Crippen molar-refractivity contribution in [3.8, 4) is 0 Å². The van der Waals surface area contributed by atoms with E-state index in [1.54, 1.807) is 13.2 Å². The van der Waals surface area contributed by atoms with Crippen LogP contribution in [0.15, 0.2) is 33.9 Å². The maximum atomic E-state index is 5.78. The van der Waals surface area contributed by atoms with Gasteiger partial charge in [0.2, 0.25) is 5.89 Å². The average molecular weight is 344 g/mol. The van der Waals surface area contributed by atoms with Gasteiger partial charge in [0.1, 0.15) is 11.6 Å². The molecule has 0 amide bonds. The predicted octanol–water partition coefficient (Wildman–Crippen LogP) is 2.30. The standard InChI is InChI=1S/C18H28N6O/c1-18(2,3)14-11-21-16(25-14)12-23-17(19-4)22-10-13-7-8-20-15(9-13)24(5)6/h7-9,11H,10,12H2,1-6H3,(H2,19,22,23). The minimum Gasteiger partial charge on any atom is -0.443 e. The van der Waals surface area contributed by atoms with Crippen LogP contribution in [-0.4, -0.2) is 37.1 Å². The van der Waals surface area contributed by atoms with Crippen LogP contribution in [0, 0.1) is 0 Å². The van der Waals surface area contributed by atoms with E-state index < -0.39 is 0 Å². The van der Waals surface area contributed by atoms with Crippen LogP contribution in [0.5, 0.6) is 0 Å². The lowest BCUT2D eigenvalue weighted by Crippen LogP contribution is -2.36. The number of nitrogens with zero attached hydrogens (tertiary/aromatic N) is 4. The molecule has 2 aromatic rings. The first kappa shape index (κ1) is 18.8. The number of aromatic nitrogens is 2. The van der Waals surface area contributed by atoms with E-state index in [4.69, 9.17) is 4.42 Å². The van der Waals surface area contributed by atoms with Crippen molar-refractivity contribution in [2.45, 2.75) is 39.3 Å². The first-order chi connectivity index (χ1) is 11.8. The second kappa shape index (κ2) is 8.00. The van der Waals surface area contributed by atoms with Gasteiger partial charge in [0.05, 0.1) is 12.7 Å². The Morgan fingerprint density at radius 1 is 1.20 bits per heavy atom. The van der Waals surface area contributed by atoms with Crippen LogP contribution < -0.4 is 15.5 Å². The number of anilines is 1. The lowest BCUT2D eigenvalue weighted by Gasteiger charge is -2.14. The Labute approximate surface area is 149 Å². The minimum absolute atomic E-state index is 0.0450. The molecule has 0 aromatic carbocycles. The van der Waals surface area contributed by atoms with Gasteiger partial charge in [-0.1, -0.05) is 20.8 Å². The average Bonchev–Trinajstić information content (AvgIpc) is 3.04. The number of guanidine groups is 1. The fourth-order valence-electron chi connectivity index (χ4n) is 2.12. The first-order valence-electron chi connectivity index (χ1n) is 8.31. The van der Waals surface area contributed by atoms with Crippen molar-refractivity contribution in [2.24, 2.45) is 4.99 Å². The van der Waals surface area contributed by atoms with E-state index >= 15 is 0 Å². The summed E-state index contributed by atoms with van der Waals surface area (Å²) >= 11 is 0. The molecule has 0 aliphatic heterocycles. The van der Waals surface area contributed by atoms with Gasteiger partial charge in [0.25, 0.3) is 0 Å². The number of nitrogens with one attached hydrogen (secondary N) is 2. The summed E-state index contributed by atoms with van der Waals surface area (Å²) < 4.78 is 5.78. The minimum atomic E-state index is -0.0450. The van der Waals surface area contributed by atoms with E-state index in [-0.39, 0.29) is 5.41 Å². The number of rotatable bonds is 5. The normalized spacial score (nSPS) is 12.2. The summed E-state index contributed by atoms with van der Waals surface area (Å²) in [6.45, 7) is 7.43. The zero-order valence-electron chi connectivity index (χ0n) is 15.9. The van der Waals surface area contributed by atoms with Gasteiger partial charge in [-0.2, -0.15) is 0 Å². The number of pyridine rings is 1. The molecule has 136 valence electrons. The molecule has 0 aliphatic carbocycles. The van der Waals surface area contributed by atoms with E-state index in [0.29, 0.717) is 24.9 Å². The molecule has 2 heterocycles. The van der Waals surface area contributed by atoms with Crippen LogP contribution in [0.3, 0.4) is 0 Å². The Morgan fingerprint density at radius 3 is 2.52 bits per heavy atom. The Hall–Kier alpha value is -2.57. The molecule has 0 saturated heterocycles. The van der Waals surface area contributed by atoms with Crippen LogP contribution in [0.25, 0.3) is 0 Å². The van der Waals surface area contributed by atoms with Crippen molar-refractivity contribution in [3.05, 3.63) is 41.7 Å². The van der Waals surface area contributed by atoms with Gasteiger partial charge in [-0.15, -0.1) is 0 Å². The quantitative estimate of drug-likeness (QED) is 0.640. The van der Waals surface area contributed by atoms with Crippen LogP contribution in [-0.2, 0) is 18.5 Å². The molecule has 0 unspecified atom stereocenters. The molecule has 0 atom stereocenters. The Balaban J connectivity index is 1.89. The molecule has 0 aliphatic rings. The zero-order valence-corrected chi connectivity index (χ0v) is 15.9. The molecule has 2 N–H and O–H groups in total. The Morgan fingerprint density at radius 2 is 1.92 bits per heavy atom. The lowest BCUT2D eigenvalue weighted by molar-refractivity contribution is 0.379. The molecule has 0 fully saturated rings. The van der Waals surface area contributed by atoms with Crippen molar-refractivity contribution >= 4 is 11.8 Å². The first-order valence-corrected chi connectivity index (χ1v) is 8.31. The molecule has 25 heavy (non-hydrogen) atoms. The van der Waals surface area contributed by atoms with E-state index in [1.807, 2.05) is 37.3 Å². The fraction of sp³-hybridized carbons (Fsp3) is 0.500. The van der Waals surface area contributed by atoms with Gasteiger partial charge in [0, 0.05) is 39.3 Å². The molecule has 7 heteroatoms. The number of hydrogen-bond acceptors (Lipinski definition) is 5. The van der Waals surface area contributed by atoms with E-state index in [2.05, 4.69) is 46.4 Å². The topological polar surface area (TPSA) is 78.6 Å². The molecule has 2 aromatic heterocycles. The SMILES string of the molecule is CN=C(NCc1ccnc(N(C)C)c1)NCc1ncc(C(C)(C)C)o1. The third-order valence-electron chi connectivity index (χ3n) is 3.65. The summed E-state index contributed by atoms with van der Waals surface area (Å²) in [4.78, 5) is 14.8. The maximum absolute atomic E-state index is 5.78. The summed E-state index contributed by atoms with van der Waals surface area (Å²) in [6, 6.07) is 4.03. The number of hydrogen-bond donors (Lipinski definition) is 2. The van der Waals surface area contributed by atoms with Gasteiger partial charge >= 0.3 is 0 Å². The fourth-order valence-corrected chi connectivity index (χ4v) is 2.12. The second-order valence-corrected chi connectivity index (χ2v) is 7.06. The van der Waals surface area contributed by atoms with Gasteiger partial charge in [-0.3, -0.25) is 4.99 Å². The van der Waals surface area contributed by atoms with Gasteiger partial charge < -0.3 is 20.0 Å². The molecule has 2 rings (SSSR count). The van der Waals surface area contributed by atoms with Crippen molar-refractivity contribution < 1.29 is 4.42 Å². The number of aliphatic imine (C=N–C) groups is 1. The second-order valence-electron chi connectivity index (χ2n) is 7.06. The Kier molecular flexibility index (Phi) is 6.01. The number of oxazole rings is 1. The zero-order chi connectivity index (χ0) is 18.4. The monoisotopic (exact) mass is 344 g/mol. The highest BCUT2D eigenvalue weighted by Crippen LogP contribution is 2.22. The van der Waals surface area contributed by atoms with E-state index in [9.17, 15) is 0 Å². The summed E-state index contributed by atoms with van der Waals surface area (Å²) in [5, 5.41) is 6.50. The molecule has 0 radical (unpaired) electrons. The maximum Gasteiger partial charge on any atom is 0.213 e. The predicted molar refractivity (Wildman–Crippen MR) is 101 cm³/mol. The lowest BCUT2D eigenvalue weighted by atomic mass is 9.94. The third-order valence-corrected chi connectivity index (χ3v) is 3.65. The third kappa shape index (κ3) is 5.48. The van der Waals surface area contributed by atoms with Crippen molar-refractivity contribution in [1.82, 2.24) is 20.6 Å². The summed E-state index contributed by atoms with van der Waals surface area (Å²) in [5.41, 5.74) is 1.09. The highest BCUT2D eigenvalue weighted by Gasteiger charge is 2.19. The molecule has 0 saturated carbocycles. The molecule has 0 spiro atoms. The van der Waals surface area contributed by atoms with E-state index in [0.717, 1.165) is 17.1 Å². The molecule has 0 bridgehead atoms. The van der Waals surface area contributed by atoms with Gasteiger partial charge in [-0.25, -0.2) is 9.97 Å². The van der Waals surface area contributed by atoms with Crippen LogP contribution in [0.2, 0.25) is 0 Å². The van der Waals surface area contributed by atoms with Crippen molar-refractivity contribution in [1.29, 1.82) is 0 Å². The molecule has 7 nitrogen and oxygen atoms in total. The van der Waals surface area contributed by atoms with Gasteiger partial charge in [0.15, 0.2) is 5.96 Å². The molecular formula is C18H28N6O. The van der Waals surface area contributed by atoms with E-state index in [1.165, 1.54) is 0 Å². The van der Waals surface area contributed by atoms with Crippen LogP contribution in [0.4, 0.5) is 5.82 Å². The van der Waals surface area contributed by atoms with Crippen LogP contribution >= 0.6 is 0 Å². The summed E-state index contributed by atoms with van der Waals surface area (Å²) in [7, 11) is 5.69. The largest absolute Gasteiger partial charge is 0.443 e. The summed E-state index contributed by atoms with van der Waals surface area (Å²) in [5.74, 6) is 3.14. The van der Waals surface area contributed by atoms with Crippen molar-refractivity contribution in [2.75, 3.05) is 26.0 Å². The Bertz CT molecular complexity index is 714. The van der Waals surface area contributed by atoms with Crippen LogP contribution in [0.1, 0.15) is 38.0 Å². The highest BCUT2D eigenvalue weighted by atomic mass is 16.4. The molecular weight excluding hydrogens is 316 g/mol. The van der Waals surface area contributed by atoms with Crippen molar-refractivity contribution in [3.63, 3.8) is 0 Å². The smallest absolute Gasteiger partial charge is 0.213 e. The summed E-state index contributed by atoms with van der Waals surface area (Å²) in [6.07, 6.45) is 3.59. The highest BCUT2D eigenvalue weighted by molar-refractivity contribution is 5.79.